The summed E-state index contributed by atoms with van der Waals surface area (Å²) in [4.78, 5) is 0. The summed E-state index contributed by atoms with van der Waals surface area (Å²) in [5.41, 5.74) is 1.91. The van der Waals surface area contributed by atoms with Crippen molar-refractivity contribution in [2.24, 2.45) is 11.8 Å². The zero-order chi connectivity index (χ0) is 26.9. The lowest BCUT2D eigenvalue weighted by Gasteiger charge is -2.27. The molecular weight excluding hydrogens is 481 g/mol. The first-order chi connectivity index (χ1) is 18.5. The summed E-state index contributed by atoms with van der Waals surface area (Å²) in [6.45, 7) is 4.98. The van der Waals surface area contributed by atoms with Crippen molar-refractivity contribution in [1.29, 1.82) is 0 Å². The van der Waals surface area contributed by atoms with E-state index in [9.17, 15) is 13.2 Å². The van der Waals surface area contributed by atoms with Crippen LogP contribution in [-0.2, 0) is 0 Å². The van der Waals surface area contributed by atoms with Gasteiger partial charge in [-0.2, -0.15) is 0 Å². The highest BCUT2D eigenvalue weighted by Gasteiger charge is 2.25. The molecule has 208 valence electrons. The van der Waals surface area contributed by atoms with E-state index in [0.29, 0.717) is 41.2 Å². The Morgan fingerprint density at radius 1 is 0.789 bits per heavy atom. The summed E-state index contributed by atoms with van der Waals surface area (Å²) < 4.78 is 50.1. The van der Waals surface area contributed by atoms with Crippen LogP contribution < -0.4 is 4.74 Å². The molecular formula is C34H45F3O. The van der Waals surface area contributed by atoms with E-state index < -0.39 is 11.6 Å². The van der Waals surface area contributed by atoms with E-state index in [2.05, 4.69) is 13.8 Å². The number of hydrogen-bond acceptors (Lipinski definition) is 1. The van der Waals surface area contributed by atoms with Crippen molar-refractivity contribution in [1.82, 2.24) is 0 Å². The number of hydrogen-bond donors (Lipinski definition) is 0. The van der Waals surface area contributed by atoms with E-state index in [1.165, 1.54) is 19.3 Å². The Morgan fingerprint density at radius 3 is 2.21 bits per heavy atom. The van der Waals surface area contributed by atoms with E-state index in [1.807, 2.05) is 12.1 Å². The van der Waals surface area contributed by atoms with E-state index in [0.717, 1.165) is 69.8 Å². The van der Waals surface area contributed by atoms with Gasteiger partial charge in [-0.25, -0.2) is 13.2 Å². The molecule has 0 aromatic heterocycles. The average Bonchev–Trinajstić information content (AvgIpc) is 2.93. The molecule has 0 aliphatic heterocycles. The van der Waals surface area contributed by atoms with Gasteiger partial charge < -0.3 is 4.74 Å². The lowest BCUT2D eigenvalue weighted by molar-refractivity contribution is 0.289. The molecule has 0 bridgehead atoms. The van der Waals surface area contributed by atoms with Gasteiger partial charge in [-0.05, 0) is 91.9 Å². The summed E-state index contributed by atoms with van der Waals surface area (Å²) >= 11 is 0. The standard InChI is InChI=1S/C34H45F3O/c1-3-4-5-6-7-22-38-32-21-19-29(23-31(32)35)26-15-10-25(11-16-26)12-17-28-18-20-30(34(37)33(28)36)27-13-8-24(2)9-14-27/h12,17-21,23-27H,3-11,13-16,22H2,1-2H3/b17-12+. The molecule has 0 atom stereocenters. The predicted molar refractivity (Wildman–Crippen MR) is 151 cm³/mol. The quantitative estimate of drug-likeness (QED) is 0.265. The Kier molecular flexibility index (Phi) is 10.8. The van der Waals surface area contributed by atoms with Crippen LogP contribution in [0.1, 0.15) is 126 Å². The van der Waals surface area contributed by atoms with Crippen molar-refractivity contribution in [3.8, 4) is 5.75 Å². The molecule has 0 spiro atoms. The molecule has 4 heteroatoms. The topological polar surface area (TPSA) is 9.23 Å². The fourth-order valence-corrected chi connectivity index (χ4v) is 6.25. The first-order valence-corrected chi connectivity index (χ1v) is 15.0. The maximum Gasteiger partial charge on any atom is 0.166 e. The Hall–Kier alpha value is -2.23. The molecule has 0 amide bonds. The molecule has 0 radical (unpaired) electrons. The highest BCUT2D eigenvalue weighted by molar-refractivity contribution is 5.52. The first kappa shape index (κ1) is 28.8. The van der Waals surface area contributed by atoms with Crippen LogP contribution in [0.5, 0.6) is 5.75 Å². The van der Waals surface area contributed by atoms with Gasteiger partial charge in [0.25, 0.3) is 0 Å². The summed E-state index contributed by atoms with van der Waals surface area (Å²) in [7, 11) is 0. The summed E-state index contributed by atoms with van der Waals surface area (Å²) in [5, 5.41) is 0. The highest BCUT2D eigenvalue weighted by Crippen LogP contribution is 2.39. The monoisotopic (exact) mass is 526 g/mol. The fraction of sp³-hybridized carbons (Fsp3) is 0.588. The van der Waals surface area contributed by atoms with E-state index >= 15 is 0 Å². The van der Waals surface area contributed by atoms with Gasteiger partial charge in [0, 0.05) is 5.56 Å². The van der Waals surface area contributed by atoms with Crippen LogP contribution in [0, 0.1) is 29.3 Å². The SMILES string of the molecule is CCCCCCCOc1ccc(C2CCC(/C=C/c3ccc(C4CCC(C)CC4)c(F)c3F)CC2)cc1F. The number of rotatable bonds is 11. The highest BCUT2D eigenvalue weighted by atomic mass is 19.2. The molecule has 2 fully saturated rings. The molecule has 0 heterocycles. The zero-order valence-electron chi connectivity index (χ0n) is 23.3. The molecule has 0 saturated heterocycles. The maximum absolute atomic E-state index is 14.9. The molecule has 2 aromatic rings. The largest absolute Gasteiger partial charge is 0.491 e. The van der Waals surface area contributed by atoms with Crippen LogP contribution in [0.4, 0.5) is 13.2 Å². The second-order valence-electron chi connectivity index (χ2n) is 11.8. The number of allylic oxidation sites excluding steroid dienone is 1. The smallest absolute Gasteiger partial charge is 0.166 e. The van der Waals surface area contributed by atoms with Crippen molar-refractivity contribution in [2.75, 3.05) is 6.61 Å². The normalized spacial score (nSPS) is 24.1. The third-order valence-corrected chi connectivity index (χ3v) is 8.85. The van der Waals surface area contributed by atoms with Gasteiger partial charge in [0.2, 0.25) is 0 Å². The molecule has 2 aliphatic rings. The second-order valence-corrected chi connectivity index (χ2v) is 11.8. The van der Waals surface area contributed by atoms with Crippen molar-refractivity contribution in [2.45, 2.75) is 109 Å². The first-order valence-electron chi connectivity index (χ1n) is 15.0. The van der Waals surface area contributed by atoms with Gasteiger partial charge in [0.15, 0.2) is 23.2 Å². The minimum Gasteiger partial charge on any atom is -0.491 e. The second kappa shape index (κ2) is 14.2. The molecule has 2 aromatic carbocycles. The van der Waals surface area contributed by atoms with Gasteiger partial charge in [-0.1, -0.05) is 82.7 Å². The third-order valence-electron chi connectivity index (χ3n) is 8.85. The van der Waals surface area contributed by atoms with E-state index in [-0.39, 0.29) is 11.7 Å². The summed E-state index contributed by atoms with van der Waals surface area (Å²) in [6.07, 6.45) is 17.4. The van der Waals surface area contributed by atoms with Gasteiger partial charge >= 0.3 is 0 Å². The molecule has 0 N–H and O–H groups in total. The minimum atomic E-state index is -0.718. The fourth-order valence-electron chi connectivity index (χ4n) is 6.25. The third kappa shape index (κ3) is 7.67. The van der Waals surface area contributed by atoms with Crippen LogP contribution in [0.25, 0.3) is 6.08 Å². The molecule has 4 rings (SSSR count). The van der Waals surface area contributed by atoms with Crippen molar-refractivity contribution in [3.63, 3.8) is 0 Å². The van der Waals surface area contributed by atoms with Crippen LogP contribution in [0.15, 0.2) is 36.4 Å². The van der Waals surface area contributed by atoms with Crippen LogP contribution in [-0.4, -0.2) is 6.61 Å². The van der Waals surface area contributed by atoms with Crippen molar-refractivity contribution < 1.29 is 17.9 Å². The van der Waals surface area contributed by atoms with Gasteiger partial charge in [0.05, 0.1) is 6.61 Å². The summed E-state index contributed by atoms with van der Waals surface area (Å²) in [5.74, 6) is 0.151. The average molecular weight is 527 g/mol. The van der Waals surface area contributed by atoms with E-state index in [4.69, 9.17) is 4.74 Å². The Morgan fingerprint density at radius 2 is 1.50 bits per heavy atom. The van der Waals surface area contributed by atoms with Crippen molar-refractivity contribution in [3.05, 3.63) is 70.5 Å². The molecule has 2 saturated carbocycles. The minimum absolute atomic E-state index is 0.134. The molecule has 1 nitrogen and oxygen atoms in total. The van der Waals surface area contributed by atoms with Gasteiger partial charge in [-0.15, -0.1) is 0 Å². The van der Waals surface area contributed by atoms with Crippen LogP contribution >= 0.6 is 0 Å². The zero-order valence-corrected chi connectivity index (χ0v) is 23.3. The Balaban J connectivity index is 1.26. The number of unbranched alkanes of at least 4 members (excludes halogenated alkanes) is 4. The lowest BCUT2D eigenvalue weighted by Crippen LogP contribution is -2.13. The lowest BCUT2D eigenvalue weighted by atomic mass is 9.78. The predicted octanol–water partition coefficient (Wildman–Crippen LogP) is 10.7. The number of halogens is 3. The van der Waals surface area contributed by atoms with Crippen LogP contribution in [0.2, 0.25) is 0 Å². The van der Waals surface area contributed by atoms with E-state index in [1.54, 1.807) is 30.3 Å². The Labute approximate surface area is 227 Å². The number of ether oxygens (including phenoxy) is 1. The molecule has 2 aliphatic carbocycles. The van der Waals surface area contributed by atoms with Gasteiger partial charge in [0.1, 0.15) is 0 Å². The molecule has 38 heavy (non-hydrogen) atoms. The number of benzene rings is 2. The summed E-state index contributed by atoms with van der Waals surface area (Å²) in [6, 6.07) is 8.95. The van der Waals surface area contributed by atoms with Crippen LogP contribution in [0.3, 0.4) is 0 Å². The van der Waals surface area contributed by atoms with Gasteiger partial charge in [-0.3, -0.25) is 0 Å². The van der Waals surface area contributed by atoms with Crippen molar-refractivity contribution >= 4 is 6.08 Å². The Bertz CT molecular complexity index is 1050. The maximum atomic E-state index is 14.9. The molecule has 0 unspecified atom stereocenters.